The Morgan fingerprint density at radius 3 is 2.69 bits per heavy atom. The second-order valence-electron chi connectivity index (χ2n) is 3.84. The molecule has 0 aromatic carbocycles. The Labute approximate surface area is 113 Å². The first-order valence-corrected chi connectivity index (χ1v) is 7.39. The van der Waals surface area contributed by atoms with Crippen LogP contribution in [-0.2, 0) is 0 Å². The molecular formula is C11H13BrClNOS. The van der Waals surface area contributed by atoms with Crippen LogP contribution < -0.4 is 4.90 Å². The van der Waals surface area contributed by atoms with Crippen LogP contribution in [0.1, 0.15) is 36.5 Å². The number of nitrogens with zero attached hydrogens (tertiary/aromatic N) is 1. The standard InChI is InChI=1S/C11H13BrClNOS/c1-2-7(15)8-9(12)10(13)16-11(8)14-5-3-4-6-14/h2-6H2,1H3. The zero-order valence-electron chi connectivity index (χ0n) is 9.06. The number of thiophene rings is 1. The van der Waals surface area contributed by atoms with Crippen molar-refractivity contribution >= 4 is 49.7 Å². The molecule has 0 unspecified atom stereocenters. The molecule has 1 aromatic rings. The van der Waals surface area contributed by atoms with Gasteiger partial charge in [-0.05, 0) is 28.8 Å². The first-order chi connectivity index (χ1) is 7.65. The summed E-state index contributed by atoms with van der Waals surface area (Å²) in [5.41, 5.74) is 0.777. The van der Waals surface area contributed by atoms with E-state index in [1.807, 2.05) is 6.92 Å². The zero-order valence-corrected chi connectivity index (χ0v) is 12.2. The van der Waals surface area contributed by atoms with Crippen molar-refractivity contribution < 1.29 is 4.79 Å². The zero-order chi connectivity index (χ0) is 11.7. The molecule has 0 bridgehead atoms. The molecule has 0 amide bonds. The summed E-state index contributed by atoms with van der Waals surface area (Å²) in [7, 11) is 0. The van der Waals surface area contributed by atoms with Crippen molar-refractivity contribution in [3.8, 4) is 0 Å². The van der Waals surface area contributed by atoms with Gasteiger partial charge in [0.1, 0.15) is 9.34 Å². The minimum absolute atomic E-state index is 0.164. The lowest BCUT2D eigenvalue weighted by Gasteiger charge is -2.16. The van der Waals surface area contributed by atoms with E-state index in [0.29, 0.717) is 10.8 Å². The lowest BCUT2D eigenvalue weighted by atomic mass is 10.1. The minimum atomic E-state index is 0.164. The van der Waals surface area contributed by atoms with E-state index in [4.69, 9.17) is 11.6 Å². The number of hydrogen-bond acceptors (Lipinski definition) is 3. The van der Waals surface area contributed by atoms with E-state index in [2.05, 4.69) is 20.8 Å². The van der Waals surface area contributed by atoms with Gasteiger partial charge in [-0.25, -0.2) is 0 Å². The van der Waals surface area contributed by atoms with Gasteiger partial charge in [0.05, 0.1) is 10.0 Å². The SMILES string of the molecule is CCC(=O)c1c(N2CCCC2)sc(Cl)c1Br. The lowest BCUT2D eigenvalue weighted by molar-refractivity contribution is 0.0988. The number of halogens is 2. The predicted octanol–water partition coefficient (Wildman–Crippen LogP) is 4.36. The van der Waals surface area contributed by atoms with Gasteiger partial charge in [-0.1, -0.05) is 18.5 Å². The highest BCUT2D eigenvalue weighted by atomic mass is 79.9. The van der Waals surface area contributed by atoms with Crippen LogP contribution in [0.2, 0.25) is 4.34 Å². The summed E-state index contributed by atoms with van der Waals surface area (Å²) in [5, 5.41) is 1.04. The summed E-state index contributed by atoms with van der Waals surface area (Å²) >= 11 is 11.0. The molecule has 0 saturated carbocycles. The summed E-state index contributed by atoms with van der Waals surface area (Å²) in [5.74, 6) is 0.164. The Morgan fingerprint density at radius 2 is 2.12 bits per heavy atom. The molecule has 2 nitrogen and oxygen atoms in total. The topological polar surface area (TPSA) is 20.3 Å². The number of anilines is 1. The fourth-order valence-corrected chi connectivity index (χ4v) is 4.02. The largest absolute Gasteiger partial charge is 0.363 e. The lowest BCUT2D eigenvalue weighted by Crippen LogP contribution is -2.18. The molecule has 2 heterocycles. The monoisotopic (exact) mass is 321 g/mol. The molecule has 16 heavy (non-hydrogen) atoms. The fourth-order valence-electron chi connectivity index (χ4n) is 1.93. The molecule has 2 rings (SSSR count). The predicted molar refractivity (Wildman–Crippen MR) is 73.1 cm³/mol. The Bertz CT molecular complexity index is 412. The molecule has 1 aliphatic heterocycles. The number of carbonyl (C=O) groups excluding carboxylic acids is 1. The van der Waals surface area contributed by atoms with E-state index in [1.165, 1.54) is 24.2 Å². The molecule has 0 spiro atoms. The van der Waals surface area contributed by atoms with E-state index in [9.17, 15) is 4.79 Å². The van der Waals surface area contributed by atoms with Crippen LogP contribution in [0.5, 0.6) is 0 Å². The van der Waals surface area contributed by atoms with E-state index < -0.39 is 0 Å². The molecule has 0 N–H and O–H groups in total. The highest BCUT2D eigenvalue weighted by Crippen LogP contribution is 2.44. The fraction of sp³-hybridized carbons (Fsp3) is 0.545. The number of rotatable bonds is 3. The van der Waals surface area contributed by atoms with Crippen LogP contribution in [0.4, 0.5) is 5.00 Å². The Morgan fingerprint density at radius 1 is 1.50 bits per heavy atom. The van der Waals surface area contributed by atoms with Gasteiger partial charge >= 0.3 is 0 Å². The minimum Gasteiger partial charge on any atom is -0.363 e. The van der Waals surface area contributed by atoms with Gasteiger partial charge in [-0.2, -0.15) is 0 Å². The molecule has 1 aromatic heterocycles. The summed E-state index contributed by atoms with van der Waals surface area (Å²) in [6, 6.07) is 0. The summed E-state index contributed by atoms with van der Waals surface area (Å²) in [6.45, 7) is 3.95. The number of Topliss-reactive ketones (excluding diaryl/α,β-unsaturated/α-hetero) is 1. The van der Waals surface area contributed by atoms with Gasteiger partial charge in [0.2, 0.25) is 0 Å². The highest BCUT2D eigenvalue weighted by Gasteiger charge is 2.25. The second-order valence-corrected chi connectivity index (χ2v) is 6.23. The maximum atomic E-state index is 11.9. The smallest absolute Gasteiger partial charge is 0.166 e. The van der Waals surface area contributed by atoms with Gasteiger partial charge in [0.25, 0.3) is 0 Å². The maximum absolute atomic E-state index is 11.9. The third-order valence-corrected chi connectivity index (χ3v) is 5.53. The molecule has 1 saturated heterocycles. The van der Waals surface area contributed by atoms with Crippen LogP contribution in [-0.4, -0.2) is 18.9 Å². The number of carbonyl (C=O) groups is 1. The Hall–Kier alpha value is -0.0600. The molecular weight excluding hydrogens is 310 g/mol. The first kappa shape index (κ1) is 12.4. The first-order valence-electron chi connectivity index (χ1n) is 5.41. The summed E-state index contributed by atoms with van der Waals surface area (Å²) < 4.78 is 1.45. The van der Waals surface area contributed by atoms with Gasteiger partial charge in [-0.15, -0.1) is 11.3 Å². The van der Waals surface area contributed by atoms with Gasteiger partial charge in [0.15, 0.2) is 5.78 Å². The molecule has 1 aliphatic rings. The van der Waals surface area contributed by atoms with Crippen molar-refractivity contribution in [2.24, 2.45) is 0 Å². The third kappa shape index (κ3) is 2.15. The van der Waals surface area contributed by atoms with Gasteiger partial charge in [0, 0.05) is 19.5 Å². The van der Waals surface area contributed by atoms with E-state index in [0.717, 1.165) is 28.1 Å². The Balaban J connectivity index is 2.43. The van der Waals surface area contributed by atoms with Crippen molar-refractivity contribution in [3.63, 3.8) is 0 Å². The molecule has 0 aliphatic carbocycles. The van der Waals surface area contributed by atoms with Crippen molar-refractivity contribution in [2.45, 2.75) is 26.2 Å². The van der Waals surface area contributed by atoms with Crippen LogP contribution in [0.25, 0.3) is 0 Å². The molecule has 5 heteroatoms. The van der Waals surface area contributed by atoms with Crippen molar-refractivity contribution in [1.29, 1.82) is 0 Å². The van der Waals surface area contributed by atoms with Crippen molar-refractivity contribution in [1.82, 2.24) is 0 Å². The van der Waals surface area contributed by atoms with Gasteiger partial charge < -0.3 is 4.90 Å². The number of ketones is 1. The quantitative estimate of drug-likeness (QED) is 0.771. The molecule has 1 fully saturated rings. The highest BCUT2D eigenvalue weighted by molar-refractivity contribution is 9.10. The van der Waals surface area contributed by atoms with Crippen LogP contribution >= 0.6 is 38.9 Å². The average molecular weight is 323 g/mol. The van der Waals surface area contributed by atoms with Crippen molar-refractivity contribution in [3.05, 3.63) is 14.4 Å². The van der Waals surface area contributed by atoms with Crippen LogP contribution in [0.3, 0.4) is 0 Å². The van der Waals surface area contributed by atoms with E-state index in [-0.39, 0.29) is 5.78 Å². The van der Waals surface area contributed by atoms with Crippen LogP contribution in [0.15, 0.2) is 4.47 Å². The van der Waals surface area contributed by atoms with Crippen LogP contribution in [0, 0.1) is 0 Å². The van der Waals surface area contributed by atoms with Crippen molar-refractivity contribution in [2.75, 3.05) is 18.0 Å². The number of hydrogen-bond donors (Lipinski definition) is 0. The molecule has 0 atom stereocenters. The third-order valence-electron chi connectivity index (χ3n) is 2.79. The average Bonchev–Trinajstić information content (AvgIpc) is 2.87. The van der Waals surface area contributed by atoms with Gasteiger partial charge in [-0.3, -0.25) is 4.79 Å². The van der Waals surface area contributed by atoms with E-state index >= 15 is 0 Å². The summed E-state index contributed by atoms with van der Waals surface area (Å²) in [4.78, 5) is 14.2. The summed E-state index contributed by atoms with van der Waals surface area (Å²) in [6.07, 6.45) is 2.92. The molecule has 0 radical (unpaired) electrons. The molecule has 88 valence electrons. The normalized spacial score (nSPS) is 15.8. The Kier molecular flexibility index (Phi) is 3.93. The second kappa shape index (κ2) is 5.07. The maximum Gasteiger partial charge on any atom is 0.166 e. The van der Waals surface area contributed by atoms with E-state index in [1.54, 1.807) is 0 Å².